The molecule has 3 heteroatoms. The SMILES string of the molecule is FC1(F)CCN(CCCc2ccccc2)CC1. The molecule has 1 aliphatic heterocycles. The second-order valence-electron chi connectivity index (χ2n) is 4.79. The lowest BCUT2D eigenvalue weighted by Gasteiger charge is -2.31. The molecule has 17 heavy (non-hydrogen) atoms. The largest absolute Gasteiger partial charge is 0.303 e. The molecule has 1 saturated heterocycles. The van der Waals surface area contributed by atoms with Gasteiger partial charge in [-0.25, -0.2) is 8.78 Å². The minimum Gasteiger partial charge on any atom is -0.303 e. The van der Waals surface area contributed by atoms with Gasteiger partial charge in [0.2, 0.25) is 0 Å². The van der Waals surface area contributed by atoms with Crippen LogP contribution in [0.15, 0.2) is 30.3 Å². The summed E-state index contributed by atoms with van der Waals surface area (Å²) >= 11 is 0. The summed E-state index contributed by atoms with van der Waals surface area (Å²) in [5, 5.41) is 0. The van der Waals surface area contributed by atoms with Gasteiger partial charge in [0.25, 0.3) is 5.92 Å². The average Bonchev–Trinajstić information content (AvgIpc) is 2.33. The molecule has 0 atom stereocenters. The van der Waals surface area contributed by atoms with Crippen LogP contribution < -0.4 is 0 Å². The highest BCUT2D eigenvalue weighted by Gasteiger charge is 2.33. The third-order valence-corrected chi connectivity index (χ3v) is 3.37. The van der Waals surface area contributed by atoms with E-state index in [1.807, 2.05) is 18.2 Å². The molecule has 1 fully saturated rings. The number of halogens is 2. The van der Waals surface area contributed by atoms with Crippen molar-refractivity contribution in [1.29, 1.82) is 0 Å². The standard InChI is InChI=1S/C14H19F2N/c15-14(16)8-11-17(12-9-14)10-4-7-13-5-2-1-3-6-13/h1-3,5-6H,4,7-12H2. The lowest BCUT2D eigenvalue weighted by molar-refractivity contribution is -0.0551. The van der Waals surface area contributed by atoms with Gasteiger partial charge in [0.05, 0.1) is 0 Å². The Labute approximate surface area is 101 Å². The van der Waals surface area contributed by atoms with E-state index in [0.717, 1.165) is 19.4 Å². The van der Waals surface area contributed by atoms with Crippen LogP contribution in [0, 0.1) is 0 Å². The molecule has 0 radical (unpaired) electrons. The maximum atomic E-state index is 12.9. The zero-order valence-corrected chi connectivity index (χ0v) is 10.0. The first-order chi connectivity index (χ1) is 8.16. The normalized spacial score (nSPS) is 20.4. The molecule has 1 aromatic carbocycles. The molecule has 1 heterocycles. The Kier molecular flexibility index (Phi) is 4.11. The minimum absolute atomic E-state index is 0.0261. The van der Waals surface area contributed by atoms with Gasteiger partial charge in [0.15, 0.2) is 0 Å². The highest BCUT2D eigenvalue weighted by molar-refractivity contribution is 5.14. The number of aryl methyl sites for hydroxylation is 1. The van der Waals surface area contributed by atoms with Crippen molar-refractivity contribution in [3.63, 3.8) is 0 Å². The molecule has 1 aliphatic rings. The maximum Gasteiger partial charge on any atom is 0.250 e. The van der Waals surface area contributed by atoms with E-state index >= 15 is 0 Å². The van der Waals surface area contributed by atoms with Crippen molar-refractivity contribution in [3.05, 3.63) is 35.9 Å². The van der Waals surface area contributed by atoms with Gasteiger partial charge in [-0.1, -0.05) is 30.3 Å². The molecule has 0 unspecified atom stereocenters. The summed E-state index contributed by atoms with van der Waals surface area (Å²) in [6.07, 6.45) is 2.14. The molecule has 1 nitrogen and oxygen atoms in total. The molecule has 0 amide bonds. The topological polar surface area (TPSA) is 3.24 Å². The number of hydrogen-bond acceptors (Lipinski definition) is 1. The first-order valence-corrected chi connectivity index (χ1v) is 6.30. The lowest BCUT2D eigenvalue weighted by atomic mass is 10.1. The fourth-order valence-electron chi connectivity index (χ4n) is 2.26. The van der Waals surface area contributed by atoms with Crippen LogP contribution >= 0.6 is 0 Å². The van der Waals surface area contributed by atoms with E-state index in [1.165, 1.54) is 5.56 Å². The van der Waals surface area contributed by atoms with E-state index in [9.17, 15) is 8.78 Å². The van der Waals surface area contributed by atoms with Crippen LogP contribution in [-0.4, -0.2) is 30.5 Å². The van der Waals surface area contributed by atoms with E-state index in [-0.39, 0.29) is 12.8 Å². The summed E-state index contributed by atoms with van der Waals surface area (Å²) in [4.78, 5) is 2.15. The van der Waals surface area contributed by atoms with Gasteiger partial charge in [-0.15, -0.1) is 0 Å². The second-order valence-corrected chi connectivity index (χ2v) is 4.79. The summed E-state index contributed by atoms with van der Waals surface area (Å²) in [7, 11) is 0. The molecule has 0 bridgehead atoms. The summed E-state index contributed by atoms with van der Waals surface area (Å²) in [6.45, 7) is 2.02. The second kappa shape index (κ2) is 5.58. The van der Waals surface area contributed by atoms with Gasteiger partial charge < -0.3 is 4.90 Å². The van der Waals surface area contributed by atoms with Gasteiger partial charge in [0, 0.05) is 25.9 Å². The first-order valence-electron chi connectivity index (χ1n) is 6.30. The highest BCUT2D eigenvalue weighted by atomic mass is 19.3. The monoisotopic (exact) mass is 239 g/mol. The van der Waals surface area contributed by atoms with Crippen molar-refractivity contribution in [2.75, 3.05) is 19.6 Å². The van der Waals surface area contributed by atoms with Gasteiger partial charge in [-0.2, -0.15) is 0 Å². The van der Waals surface area contributed by atoms with E-state index in [4.69, 9.17) is 0 Å². The molecular weight excluding hydrogens is 220 g/mol. The highest BCUT2D eigenvalue weighted by Crippen LogP contribution is 2.27. The van der Waals surface area contributed by atoms with Crippen LogP contribution in [-0.2, 0) is 6.42 Å². The Balaban J connectivity index is 1.67. The van der Waals surface area contributed by atoms with E-state index < -0.39 is 5.92 Å². The molecule has 0 N–H and O–H groups in total. The third kappa shape index (κ3) is 4.08. The lowest BCUT2D eigenvalue weighted by Crippen LogP contribution is -2.39. The first kappa shape index (κ1) is 12.5. The number of benzene rings is 1. The predicted octanol–water partition coefficient (Wildman–Crippen LogP) is 3.35. The third-order valence-electron chi connectivity index (χ3n) is 3.37. The van der Waals surface area contributed by atoms with Gasteiger partial charge in [0.1, 0.15) is 0 Å². The number of likely N-dealkylation sites (tertiary alicyclic amines) is 1. The molecule has 0 aromatic heterocycles. The van der Waals surface area contributed by atoms with Crippen molar-refractivity contribution in [2.45, 2.75) is 31.6 Å². The van der Waals surface area contributed by atoms with Crippen LogP contribution in [0.3, 0.4) is 0 Å². The van der Waals surface area contributed by atoms with Crippen molar-refractivity contribution >= 4 is 0 Å². The number of hydrogen-bond donors (Lipinski definition) is 0. The minimum atomic E-state index is -2.42. The van der Waals surface area contributed by atoms with Crippen LogP contribution in [0.25, 0.3) is 0 Å². The molecular formula is C14H19F2N. The molecule has 1 aromatic rings. The zero-order valence-electron chi connectivity index (χ0n) is 10.0. The average molecular weight is 239 g/mol. The molecule has 0 spiro atoms. The molecule has 0 aliphatic carbocycles. The van der Waals surface area contributed by atoms with E-state index in [1.54, 1.807) is 0 Å². The zero-order chi connectivity index (χ0) is 12.1. The fourth-order valence-corrected chi connectivity index (χ4v) is 2.26. The quantitative estimate of drug-likeness (QED) is 0.779. The summed E-state index contributed by atoms with van der Waals surface area (Å²) in [5.74, 6) is -2.42. The van der Waals surface area contributed by atoms with Gasteiger partial charge >= 0.3 is 0 Å². The Morgan fingerprint density at radius 2 is 1.71 bits per heavy atom. The van der Waals surface area contributed by atoms with Crippen LogP contribution in [0.5, 0.6) is 0 Å². The Bertz CT molecular complexity index is 327. The molecule has 0 saturated carbocycles. The Morgan fingerprint density at radius 3 is 2.35 bits per heavy atom. The predicted molar refractivity (Wildman–Crippen MR) is 65.4 cm³/mol. The molecule has 94 valence electrons. The van der Waals surface area contributed by atoms with Crippen molar-refractivity contribution in [2.24, 2.45) is 0 Å². The maximum absolute atomic E-state index is 12.9. The number of nitrogens with zero attached hydrogens (tertiary/aromatic N) is 1. The smallest absolute Gasteiger partial charge is 0.250 e. The number of alkyl halides is 2. The molecule has 2 rings (SSSR count). The van der Waals surface area contributed by atoms with Crippen LogP contribution in [0.1, 0.15) is 24.8 Å². The van der Waals surface area contributed by atoms with Crippen molar-refractivity contribution in [1.82, 2.24) is 4.90 Å². The fraction of sp³-hybridized carbons (Fsp3) is 0.571. The Morgan fingerprint density at radius 1 is 1.06 bits per heavy atom. The number of piperidine rings is 1. The van der Waals surface area contributed by atoms with Crippen LogP contribution in [0.4, 0.5) is 8.78 Å². The van der Waals surface area contributed by atoms with Gasteiger partial charge in [-0.05, 0) is 24.9 Å². The summed E-state index contributed by atoms with van der Waals surface area (Å²) in [5.41, 5.74) is 1.33. The van der Waals surface area contributed by atoms with Crippen LogP contribution in [0.2, 0.25) is 0 Å². The number of rotatable bonds is 4. The summed E-state index contributed by atoms with van der Waals surface area (Å²) < 4.78 is 25.9. The van der Waals surface area contributed by atoms with Crippen molar-refractivity contribution in [3.8, 4) is 0 Å². The van der Waals surface area contributed by atoms with E-state index in [2.05, 4.69) is 17.0 Å². The Hall–Kier alpha value is -0.960. The van der Waals surface area contributed by atoms with Gasteiger partial charge in [-0.3, -0.25) is 0 Å². The summed E-state index contributed by atoms with van der Waals surface area (Å²) in [6, 6.07) is 10.3. The van der Waals surface area contributed by atoms with Crippen molar-refractivity contribution < 1.29 is 8.78 Å². The van der Waals surface area contributed by atoms with E-state index in [0.29, 0.717) is 13.1 Å².